The zero-order valence-electron chi connectivity index (χ0n) is 32.4. The molecule has 5 atom stereocenters. The van der Waals surface area contributed by atoms with Gasteiger partial charge < -0.3 is 50.4 Å². The Balaban J connectivity index is 3.54. The van der Waals surface area contributed by atoms with Crippen molar-refractivity contribution in [2.75, 3.05) is 39.6 Å². The molecule has 1 aromatic rings. The predicted octanol–water partition coefficient (Wildman–Crippen LogP) is 2.90. The number of hydrogen-bond acceptors (Lipinski definition) is 13. The van der Waals surface area contributed by atoms with E-state index in [1.165, 1.54) is 20.8 Å². The second-order valence-corrected chi connectivity index (χ2v) is 13.8. The van der Waals surface area contributed by atoms with Gasteiger partial charge in [0.15, 0.2) is 0 Å². The van der Waals surface area contributed by atoms with Crippen molar-refractivity contribution >= 4 is 17.9 Å². The molecule has 0 fully saturated rings. The molecule has 0 heterocycles. The van der Waals surface area contributed by atoms with Gasteiger partial charge in [-0.1, -0.05) is 58.9 Å². The fraction of sp³-hybridized carbons (Fsp3) is 0.625. The molecule has 0 aliphatic rings. The maximum absolute atomic E-state index is 12.1. The Morgan fingerprint density at radius 1 is 0.698 bits per heavy atom. The SMILES string of the molecule is C=C(C)C(=O)OCC(O)Cc1cc(CN)c(CC(O)COC(=O)C(=C)C)c(CC(O)COC(=O)C(=C)C)c1CNCC(O)COCC(CC)CCCC. The van der Waals surface area contributed by atoms with E-state index in [2.05, 4.69) is 38.9 Å². The normalized spacial score (nSPS) is 14.1. The summed E-state index contributed by atoms with van der Waals surface area (Å²) in [4.78, 5) is 36.2. The zero-order valence-corrected chi connectivity index (χ0v) is 32.4. The molecule has 0 bridgehead atoms. The number of ether oxygens (including phenoxy) is 4. The van der Waals surface area contributed by atoms with E-state index in [4.69, 9.17) is 24.7 Å². The Hall–Kier alpha value is -3.43. The van der Waals surface area contributed by atoms with Gasteiger partial charge in [0, 0.05) is 62.2 Å². The number of carbonyl (C=O) groups excluding carboxylic acids is 3. The van der Waals surface area contributed by atoms with E-state index < -0.39 is 42.3 Å². The second-order valence-electron chi connectivity index (χ2n) is 13.8. The van der Waals surface area contributed by atoms with Crippen LogP contribution < -0.4 is 11.1 Å². The van der Waals surface area contributed by atoms with Crippen molar-refractivity contribution in [1.29, 1.82) is 0 Å². The molecule has 0 saturated carbocycles. The number of benzene rings is 1. The van der Waals surface area contributed by atoms with Crippen molar-refractivity contribution in [1.82, 2.24) is 5.32 Å². The molecule has 1 aromatic carbocycles. The van der Waals surface area contributed by atoms with Gasteiger partial charge in [0.1, 0.15) is 19.8 Å². The Morgan fingerprint density at radius 2 is 1.19 bits per heavy atom. The van der Waals surface area contributed by atoms with Crippen molar-refractivity contribution < 1.29 is 53.8 Å². The van der Waals surface area contributed by atoms with E-state index in [0.717, 1.165) is 25.7 Å². The van der Waals surface area contributed by atoms with E-state index in [1.807, 2.05) is 0 Å². The van der Waals surface area contributed by atoms with Gasteiger partial charge in [-0.15, -0.1) is 0 Å². The number of esters is 3. The zero-order chi connectivity index (χ0) is 40.1. The van der Waals surface area contributed by atoms with Gasteiger partial charge >= 0.3 is 17.9 Å². The van der Waals surface area contributed by atoms with Crippen molar-refractivity contribution in [2.45, 2.75) is 117 Å². The van der Waals surface area contributed by atoms with Crippen molar-refractivity contribution in [3.8, 4) is 0 Å². The molecule has 0 aliphatic heterocycles. The lowest BCUT2D eigenvalue weighted by atomic mass is 9.84. The lowest BCUT2D eigenvalue weighted by molar-refractivity contribution is -0.142. The Kier molecular flexibility index (Phi) is 23.0. The molecule has 300 valence electrons. The smallest absolute Gasteiger partial charge is 0.333 e. The number of aliphatic hydroxyl groups is 4. The third-order valence-electron chi connectivity index (χ3n) is 8.56. The van der Waals surface area contributed by atoms with Gasteiger partial charge in [-0.25, -0.2) is 14.4 Å². The summed E-state index contributed by atoms with van der Waals surface area (Å²) in [7, 11) is 0. The maximum atomic E-state index is 12.1. The molecule has 0 aliphatic carbocycles. The fourth-order valence-corrected chi connectivity index (χ4v) is 5.52. The van der Waals surface area contributed by atoms with E-state index in [0.29, 0.717) is 40.3 Å². The highest BCUT2D eigenvalue weighted by Gasteiger charge is 2.25. The molecule has 13 heteroatoms. The molecule has 7 N–H and O–H groups in total. The molecule has 0 radical (unpaired) electrons. The first-order valence-corrected chi connectivity index (χ1v) is 18.4. The number of aliphatic hydroxyl groups excluding tert-OH is 4. The summed E-state index contributed by atoms with van der Waals surface area (Å²) >= 11 is 0. The van der Waals surface area contributed by atoms with Crippen LogP contribution in [-0.4, -0.2) is 102 Å². The van der Waals surface area contributed by atoms with Crippen LogP contribution in [0.1, 0.15) is 88.1 Å². The molecule has 0 spiro atoms. The monoisotopic (exact) mass is 748 g/mol. The van der Waals surface area contributed by atoms with Gasteiger partial charge in [0.25, 0.3) is 0 Å². The molecule has 5 unspecified atom stereocenters. The molecule has 13 nitrogen and oxygen atoms in total. The summed E-state index contributed by atoms with van der Waals surface area (Å²) in [5.41, 5.74) is 9.68. The largest absolute Gasteiger partial charge is 0.460 e. The number of hydrogen-bond donors (Lipinski definition) is 6. The van der Waals surface area contributed by atoms with E-state index in [1.54, 1.807) is 6.07 Å². The van der Waals surface area contributed by atoms with Crippen LogP contribution >= 0.6 is 0 Å². The molecule has 0 saturated heterocycles. The minimum Gasteiger partial charge on any atom is -0.460 e. The van der Waals surface area contributed by atoms with Crippen LogP contribution in [0.5, 0.6) is 0 Å². The van der Waals surface area contributed by atoms with Gasteiger partial charge in [-0.3, -0.25) is 0 Å². The van der Waals surface area contributed by atoms with Gasteiger partial charge in [-0.05, 0) is 60.9 Å². The topological polar surface area (TPSA) is 207 Å². The second kappa shape index (κ2) is 25.6. The third kappa shape index (κ3) is 18.4. The predicted molar refractivity (Wildman–Crippen MR) is 203 cm³/mol. The van der Waals surface area contributed by atoms with E-state index in [9.17, 15) is 34.8 Å². The van der Waals surface area contributed by atoms with Gasteiger partial charge in [0.2, 0.25) is 0 Å². The van der Waals surface area contributed by atoms with Crippen LogP contribution in [0.4, 0.5) is 0 Å². The van der Waals surface area contributed by atoms with Gasteiger partial charge in [-0.2, -0.15) is 0 Å². The molecule has 1 rings (SSSR count). The number of carbonyl (C=O) groups is 3. The number of nitrogens with one attached hydrogen (secondary N) is 1. The Bertz CT molecular complexity index is 1360. The number of rotatable bonds is 28. The summed E-state index contributed by atoms with van der Waals surface area (Å²) in [5, 5.41) is 47.2. The van der Waals surface area contributed by atoms with Crippen LogP contribution in [0.2, 0.25) is 0 Å². The molecule has 0 amide bonds. The lowest BCUT2D eigenvalue weighted by Gasteiger charge is -2.26. The van der Waals surface area contributed by atoms with E-state index in [-0.39, 0.29) is 82.0 Å². The molecular weight excluding hydrogens is 684 g/mol. The van der Waals surface area contributed by atoms with Gasteiger partial charge in [0.05, 0.1) is 31.0 Å². The first-order chi connectivity index (χ1) is 25.0. The average Bonchev–Trinajstić information content (AvgIpc) is 3.11. The standard InChI is InChI=1S/C40H64N2O11/c1-9-11-12-28(10-2)20-50-21-34(46)18-42-19-37-29(14-31(43)22-51-38(47)25(3)4)13-30(17-41)35(15-32(44)23-52-39(48)26(5)6)36(37)16-33(45)24-53-40(49)27(7)8/h13,28,31-34,42-46H,3,5,7,9-12,14-24,41H2,1-2,4,6,8H3. The maximum Gasteiger partial charge on any atom is 0.333 e. The highest BCUT2D eigenvalue weighted by Crippen LogP contribution is 2.29. The molecular formula is C40H64N2O11. The van der Waals surface area contributed by atoms with Crippen LogP contribution in [0.25, 0.3) is 0 Å². The van der Waals surface area contributed by atoms with Crippen LogP contribution in [0.3, 0.4) is 0 Å². The van der Waals surface area contributed by atoms with E-state index >= 15 is 0 Å². The highest BCUT2D eigenvalue weighted by atomic mass is 16.6. The van der Waals surface area contributed by atoms with Crippen LogP contribution in [0.15, 0.2) is 42.5 Å². The third-order valence-corrected chi connectivity index (χ3v) is 8.56. The fourth-order valence-electron chi connectivity index (χ4n) is 5.52. The van der Waals surface area contributed by atoms with Crippen molar-refractivity contribution in [2.24, 2.45) is 11.7 Å². The van der Waals surface area contributed by atoms with Crippen LogP contribution in [0, 0.1) is 5.92 Å². The number of nitrogens with two attached hydrogens (primary N) is 1. The van der Waals surface area contributed by atoms with Crippen molar-refractivity contribution in [3.63, 3.8) is 0 Å². The number of unbranched alkanes of at least 4 members (excludes halogenated alkanes) is 1. The first-order valence-electron chi connectivity index (χ1n) is 18.4. The summed E-state index contributed by atoms with van der Waals surface area (Å²) in [6.07, 6.45) is -0.118. The Labute approximate surface area is 315 Å². The average molecular weight is 749 g/mol. The first kappa shape index (κ1) is 47.6. The lowest BCUT2D eigenvalue weighted by Crippen LogP contribution is -2.33. The molecule has 53 heavy (non-hydrogen) atoms. The van der Waals surface area contributed by atoms with Crippen molar-refractivity contribution in [3.05, 3.63) is 70.3 Å². The summed E-state index contributed by atoms with van der Waals surface area (Å²) in [6, 6.07) is 1.78. The van der Waals surface area contributed by atoms with Crippen LogP contribution in [-0.2, 0) is 65.7 Å². The summed E-state index contributed by atoms with van der Waals surface area (Å²) in [5.74, 6) is -1.56. The minimum atomic E-state index is -1.20. The minimum absolute atomic E-state index is 0.00978. The summed E-state index contributed by atoms with van der Waals surface area (Å²) < 4.78 is 21.4. The highest BCUT2D eigenvalue weighted by molar-refractivity contribution is 5.87. The summed E-state index contributed by atoms with van der Waals surface area (Å²) in [6.45, 7) is 19.4. The Morgan fingerprint density at radius 3 is 1.64 bits per heavy atom. The quantitative estimate of drug-likeness (QED) is 0.0415. The molecule has 0 aromatic heterocycles.